The molecule has 0 aliphatic heterocycles. The van der Waals surface area contributed by atoms with E-state index in [4.69, 9.17) is 0 Å². The van der Waals surface area contributed by atoms with Gasteiger partial charge in [-0.15, -0.1) is 0 Å². The van der Waals surface area contributed by atoms with Crippen molar-refractivity contribution in [3.05, 3.63) is 0 Å². The fourth-order valence-electron chi connectivity index (χ4n) is 2.58. The zero-order chi connectivity index (χ0) is 12.0. The summed E-state index contributed by atoms with van der Waals surface area (Å²) >= 11 is 0. The largest absolute Gasteiger partial charge is 0.303 e. The SMILES string of the molecule is CN(CC(F)F)CC1(C=O)CCCCCC1. The number of carbonyl (C=O) groups is 1. The molecule has 0 radical (unpaired) electrons. The molecule has 0 atom stereocenters. The van der Waals surface area contributed by atoms with Crippen LogP contribution in [-0.2, 0) is 4.79 Å². The van der Waals surface area contributed by atoms with E-state index in [1.54, 1.807) is 11.9 Å². The Morgan fingerprint density at radius 3 is 2.25 bits per heavy atom. The second-order valence-corrected chi connectivity index (χ2v) is 4.98. The van der Waals surface area contributed by atoms with E-state index in [0.717, 1.165) is 44.8 Å². The molecule has 1 aliphatic rings. The first-order valence-corrected chi connectivity index (χ1v) is 6.01. The number of hydrogen-bond donors (Lipinski definition) is 0. The molecule has 0 aromatic heterocycles. The highest BCUT2D eigenvalue weighted by Crippen LogP contribution is 2.33. The highest BCUT2D eigenvalue weighted by molar-refractivity contribution is 5.59. The van der Waals surface area contributed by atoms with E-state index in [0.29, 0.717) is 6.54 Å². The van der Waals surface area contributed by atoms with Gasteiger partial charge < -0.3 is 4.79 Å². The summed E-state index contributed by atoms with van der Waals surface area (Å²) in [6, 6.07) is 0. The predicted molar refractivity (Wildman–Crippen MR) is 59.7 cm³/mol. The number of aldehydes is 1. The lowest BCUT2D eigenvalue weighted by Crippen LogP contribution is -2.38. The molecular formula is C12H21F2NO. The first-order valence-electron chi connectivity index (χ1n) is 6.01. The van der Waals surface area contributed by atoms with Crippen molar-refractivity contribution in [2.45, 2.75) is 45.0 Å². The van der Waals surface area contributed by atoms with Crippen LogP contribution in [0.5, 0.6) is 0 Å². The zero-order valence-electron chi connectivity index (χ0n) is 9.92. The Labute approximate surface area is 96.0 Å². The van der Waals surface area contributed by atoms with Crippen molar-refractivity contribution in [1.82, 2.24) is 4.90 Å². The van der Waals surface area contributed by atoms with E-state index < -0.39 is 6.43 Å². The third-order valence-corrected chi connectivity index (χ3v) is 3.38. The van der Waals surface area contributed by atoms with Crippen LogP contribution in [0.2, 0.25) is 0 Å². The molecule has 1 aliphatic carbocycles. The summed E-state index contributed by atoms with van der Waals surface area (Å²) in [4.78, 5) is 12.8. The van der Waals surface area contributed by atoms with Gasteiger partial charge in [-0.2, -0.15) is 0 Å². The Hall–Kier alpha value is -0.510. The summed E-state index contributed by atoms with van der Waals surface area (Å²) in [6.07, 6.45) is 4.79. The molecule has 2 nitrogen and oxygen atoms in total. The Kier molecular flexibility index (Phi) is 5.32. The Morgan fingerprint density at radius 2 is 1.81 bits per heavy atom. The van der Waals surface area contributed by atoms with Gasteiger partial charge in [-0.1, -0.05) is 25.7 Å². The van der Waals surface area contributed by atoms with Crippen LogP contribution in [0.3, 0.4) is 0 Å². The molecule has 0 N–H and O–H groups in total. The highest BCUT2D eigenvalue weighted by Gasteiger charge is 2.32. The summed E-state index contributed by atoms with van der Waals surface area (Å²) in [6.45, 7) is 0.233. The van der Waals surface area contributed by atoms with Crippen molar-refractivity contribution in [2.75, 3.05) is 20.1 Å². The molecule has 0 unspecified atom stereocenters. The quantitative estimate of drug-likeness (QED) is 0.537. The molecule has 1 fully saturated rings. The average molecular weight is 233 g/mol. The summed E-state index contributed by atoms with van der Waals surface area (Å²) in [5.41, 5.74) is -0.375. The minimum Gasteiger partial charge on any atom is -0.303 e. The summed E-state index contributed by atoms with van der Waals surface area (Å²) in [7, 11) is 1.67. The molecule has 1 saturated carbocycles. The van der Waals surface area contributed by atoms with Gasteiger partial charge in [-0.05, 0) is 19.9 Å². The molecule has 16 heavy (non-hydrogen) atoms. The van der Waals surface area contributed by atoms with Gasteiger partial charge in [0.2, 0.25) is 0 Å². The molecule has 4 heteroatoms. The van der Waals surface area contributed by atoms with Crippen molar-refractivity contribution < 1.29 is 13.6 Å². The van der Waals surface area contributed by atoms with Crippen LogP contribution in [-0.4, -0.2) is 37.7 Å². The van der Waals surface area contributed by atoms with Crippen LogP contribution in [0.4, 0.5) is 8.78 Å². The van der Waals surface area contributed by atoms with Gasteiger partial charge in [0.25, 0.3) is 6.43 Å². The number of halogens is 2. The van der Waals surface area contributed by atoms with Gasteiger partial charge in [-0.25, -0.2) is 8.78 Å². The topological polar surface area (TPSA) is 20.3 Å². The summed E-state index contributed by atoms with van der Waals surface area (Å²) in [5, 5.41) is 0. The van der Waals surface area contributed by atoms with Gasteiger partial charge in [-0.3, -0.25) is 4.90 Å². The van der Waals surface area contributed by atoms with E-state index in [-0.39, 0.29) is 12.0 Å². The molecule has 0 spiro atoms. The van der Waals surface area contributed by atoms with Crippen LogP contribution in [0.1, 0.15) is 38.5 Å². The van der Waals surface area contributed by atoms with E-state index in [2.05, 4.69) is 0 Å². The Balaban J connectivity index is 2.53. The van der Waals surface area contributed by atoms with Crippen LogP contribution in [0.15, 0.2) is 0 Å². The van der Waals surface area contributed by atoms with Gasteiger partial charge >= 0.3 is 0 Å². The molecule has 0 saturated heterocycles. The summed E-state index contributed by atoms with van der Waals surface area (Å²) < 4.78 is 24.4. The van der Waals surface area contributed by atoms with Crippen molar-refractivity contribution in [1.29, 1.82) is 0 Å². The van der Waals surface area contributed by atoms with E-state index >= 15 is 0 Å². The first kappa shape index (κ1) is 13.6. The molecule has 0 amide bonds. The van der Waals surface area contributed by atoms with Crippen LogP contribution < -0.4 is 0 Å². The summed E-state index contributed by atoms with van der Waals surface area (Å²) in [5.74, 6) is 0. The average Bonchev–Trinajstić information content (AvgIpc) is 2.43. The maximum absolute atomic E-state index is 12.2. The number of nitrogens with zero attached hydrogens (tertiary/aromatic N) is 1. The molecule has 0 heterocycles. The van der Waals surface area contributed by atoms with E-state index in [1.807, 2.05) is 0 Å². The van der Waals surface area contributed by atoms with Crippen LogP contribution >= 0.6 is 0 Å². The predicted octanol–water partition coefficient (Wildman–Crippen LogP) is 2.72. The van der Waals surface area contributed by atoms with Crippen LogP contribution in [0.25, 0.3) is 0 Å². The normalized spacial score (nSPS) is 21.1. The lowest BCUT2D eigenvalue weighted by Gasteiger charge is -2.31. The Morgan fingerprint density at radius 1 is 1.25 bits per heavy atom. The molecule has 1 rings (SSSR count). The molecule has 0 aromatic carbocycles. The molecule has 0 bridgehead atoms. The van der Waals surface area contributed by atoms with Gasteiger partial charge in [0.1, 0.15) is 6.29 Å². The molecule has 94 valence electrons. The van der Waals surface area contributed by atoms with E-state index in [9.17, 15) is 13.6 Å². The number of carbonyl (C=O) groups excluding carboxylic acids is 1. The third kappa shape index (κ3) is 4.16. The smallest absolute Gasteiger partial charge is 0.251 e. The highest BCUT2D eigenvalue weighted by atomic mass is 19.3. The van der Waals surface area contributed by atoms with Crippen LogP contribution in [0, 0.1) is 5.41 Å². The van der Waals surface area contributed by atoms with Gasteiger partial charge in [0.15, 0.2) is 0 Å². The molecule has 0 aromatic rings. The van der Waals surface area contributed by atoms with Crippen molar-refractivity contribution >= 4 is 6.29 Å². The second-order valence-electron chi connectivity index (χ2n) is 4.98. The van der Waals surface area contributed by atoms with Gasteiger partial charge in [0, 0.05) is 12.0 Å². The third-order valence-electron chi connectivity index (χ3n) is 3.38. The zero-order valence-corrected chi connectivity index (χ0v) is 9.92. The van der Waals surface area contributed by atoms with Crippen molar-refractivity contribution in [3.63, 3.8) is 0 Å². The number of hydrogen-bond acceptors (Lipinski definition) is 2. The van der Waals surface area contributed by atoms with Crippen molar-refractivity contribution in [2.24, 2.45) is 5.41 Å². The number of alkyl halides is 2. The monoisotopic (exact) mass is 233 g/mol. The van der Waals surface area contributed by atoms with Crippen molar-refractivity contribution in [3.8, 4) is 0 Å². The maximum atomic E-state index is 12.2. The molecular weight excluding hydrogens is 212 g/mol. The lowest BCUT2D eigenvalue weighted by molar-refractivity contribution is -0.118. The standard InChI is InChI=1S/C12H21F2NO/c1-15(8-11(13)14)9-12(10-16)6-4-2-3-5-7-12/h10-11H,2-9H2,1H3. The fraction of sp³-hybridized carbons (Fsp3) is 0.917. The number of rotatable bonds is 5. The van der Waals surface area contributed by atoms with Gasteiger partial charge in [0.05, 0.1) is 6.54 Å². The minimum absolute atomic E-state index is 0.240. The maximum Gasteiger partial charge on any atom is 0.251 e. The Bertz CT molecular complexity index is 213. The minimum atomic E-state index is -2.32. The fourth-order valence-corrected chi connectivity index (χ4v) is 2.58. The lowest BCUT2D eigenvalue weighted by atomic mass is 9.81. The first-order chi connectivity index (χ1) is 7.58. The second kappa shape index (κ2) is 6.28. The van der Waals surface area contributed by atoms with E-state index in [1.165, 1.54) is 0 Å².